The molecule has 0 saturated carbocycles. The number of nitrogens with zero attached hydrogens (tertiary/aromatic N) is 1. The number of benzene rings is 1. The lowest BCUT2D eigenvalue weighted by Crippen LogP contribution is -2.28. The molecule has 138 valence electrons. The summed E-state index contributed by atoms with van der Waals surface area (Å²) in [6, 6.07) is 7.51. The molecule has 1 aliphatic heterocycles. The Labute approximate surface area is 153 Å². The molecule has 0 atom stereocenters. The summed E-state index contributed by atoms with van der Waals surface area (Å²) in [5, 5.41) is 16.2. The number of rotatable bonds is 6. The summed E-state index contributed by atoms with van der Waals surface area (Å²) in [7, 11) is 0. The average molecular weight is 355 g/mol. The van der Waals surface area contributed by atoms with E-state index in [4.69, 9.17) is 0 Å². The van der Waals surface area contributed by atoms with Crippen molar-refractivity contribution in [3.8, 4) is 0 Å². The minimum absolute atomic E-state index is 0.00293. The molecular weight excluding hydrogens is 330 g/mol. The number of anilines is 1. The second-order valence-corrected chi connectivity index (χ2v) is 6.99. The maximum Gasteiger partial charge on any atom is 0.272 e. The minimum atomic E-state index is -0.194. The Hall–Kier alpha value is -2.67. The molecule has 4 N–H and O–H groups in total. The first kappa shape index (κ1) is 18.1. The van der Waals surface area contributed by atoms with E-state index in [1.807, 2.05) is 38.1 Å². The van der Waals surface area contributed by atoms with Gasteiger partial charge < -0.3 is 16.0 Å². The number of nitrogens with one attached hydrogen (secondary N) is 4. The molecule has 1 aliphatic rings. The van der Waals surface area contributed by atoms with Crippen molar-refractivity contribution in [1.82, 2.24) is 20.8 Å². The van der Waals surface area contributed by atoms with Crippen molar-refractivity contribution in [1.29, 1.82) is 0 Å². The van der Waals surface area contributed by atoms with E-state index in [0.29, 0.717) is 31.1 Å². The highest BCUT2D eigenvalue weighted by molar-refractivity contribution is 5.94. The van der Waals surface area contributed by atoms with E-state index >= 15 is 0 Å². The fourth-order valence-electron chi connectivity index (χ4n) is 3.02. The Morgan fingerprint density at radius 1 is 1.31 bits per heavy atom. The van der Waals surface area contributed by atoms with Crippen LogP contribution in [0.2, 0.25) is 0 Å². The Kier molecular flexibility index (Phi) is 5.68. The molecule has 7 heteroatoms. The van der Waals surface area contributed by atoms with Crippen LogP contribution in [-0.4, -0.2) is 28.6 Å². The number of aromatic nitrogens is 2. The van der Waals surface area contributed by atoms with Crippen LogP contribution in [0.3, 0.4) is 0 Å². The van der Waals surface area contributed by atoms with Gasteiger partial charge in [0.05, 0.1) is 0 Å². The number of hydrogen-bond acceptors (Lipinski definition) is 4. The normalized spacial score (nSPS) is 13.3. The van der Waals surface area contributed by atoms with Crippen molar-refractivity contribution in [2.24, 2.45) is 5.92 Å². The quantitative estimate of drug-likeness (QED) is 0.637. The molecule has 0 saturated heterocycles. The van der Waals surface area contributed by atoms with E-state index in [0.717, 1.165) is 35.5 Å². The van der Waals surface area contributed by atoms with Crippen molar-refractivity contribution in [3.63, 3.8) is 0 Å². The smallest absolute Gasteiger partial charge is 0.272 e. The maximum absolute atomic E-state index is 12.4. The van der Waals surface area contributed by atoms with Crippen LogP contribution < -0.4 is 16.0 Å². The first-order valence-electron chi connectivity index (χ1n) is 8.96. The molecule has 7 nitrogen and oxygen atoms in total. The number of carbonyl (C=O) groups excluding carboxylic acids is 2. The van der Waals surface area contributed by atoms with Crippen molar-refractivity contribution in [2.75, 3.05) is 11.9 Å². The van der Waals surface area contributed by atoms with Crippen LogP contribution in [0.15, 0.2) is 24.3 Å². The SMILES string of the molecule is CC(C)CC(=O)Nc1cccc(CNC(=O)c2n[nH]c3c2CNCC3)c1. The Bertz CT molecular complexity index is 797. The zero-order valence-corrected chi connectivity index (χ0v) is 15.2. The van der Waals surface area contributed by atoms with Crippen LogP contribution in [0, 0.1) is 5.92 Å². The summed E-state index contributed by atoms with van der Waals surface area (Å²) >= 11 is 0. The molecule has 2 amide bonds. The molecule has 0 spiro atoms. The van der Waals surface area contributed by atoms with Crippen molar-refractivity contribution in [3.05, 3.63) is 46.8 Å². The molecule has 0 unspecified atom stereocenters. The minimum Gasteiger partial charge on any atom is -0.347 e. The third kappa shape index (κ3) is 4.49. The van der Waals surface area contributed by atoms with Crippen molar-refractivity contribution < 1.29 is 9.59 Å². The third-order valence-electron chi connectivity index (χ3n) is 4.28. The van der Waals surface area contributed by atoms with Gasteiger partial charge in [-0.15, -0.1) is 0 Å². The average Bonchev–Trinajstić information content (AvgIpc) is 3.03. The molecule has 2 heterocycles. The van der Waals surface area contributed by atoms with Crippen LogP contribution in [0.25, 0.3) is 0 Å². The highest BCUT2D eigenvalue weighted by atomic mass is 16.2. The first-order valence-corrected chi connectivity index (χ1v) is 8.96. The van der Waals surface area contributed by atoms with Gasteiger partial charge in [-0.05, 0) is 23.6 Å². The van der Waals surface area contributed by atoms with Gasteiger partial charge in [-0.1, -0.05) is 26.0 Å². The molecule has 2 aromatic rings. The zero-order chi connectivity index (χ0) is 18.5. The summed E-state index contributed by atoms with van der Waals surface area (Å²) in [6.45, 7) is 5.95. The van der Waals surface area contributed by atoms with Crippen molar-refractivity contribution >= 4 is 17.5 Å². The number of fused-ring (bicyclic) bond motifs is 1. The molecule has 3 rings (SSSR count). The van der Waals surface area contributed by atoms with Gasteiger partial charge in [-0.25, -0.2) is 0 Å². The molecule has 1 aromatic heterocycles. The van der Waals surface area contributed by atoms with Gasteiger partial charge in [0.15, 0.2) is 5.69 Å². The molecule has 26 heavy (non-hydrogen) atoms. The lowest BCUT2D eigenvalue weighted by molar-refractivity contribution is -0.116. The van der Waals surface area contributed by atoms with E-state index in [1.165, 1.54) is 0 Å². The molecule has 0 fully saturated rings. The second-order valence-electron chi connectivity index (χ2n) is 6.99. The van der Waals surface area contributed by atoms with Crippen molar-refractivity contribution in [2.45, 2.75) is 39.8 Å². The highest BCUT2D eigenvalue weighted by Crippen LogP contribution is 2.16. The number of hydrogen-bond donors (Lipinski definition) is 4. The summed E-state index contributed by atoms with van der Waals surface area (Å²) in [5.74, 6) is 0.115. The van der Waals surface area contributed by atoms with Gasteiger partial charge in [0.25, 0.3) is 5.91 Å². The number of aromatic amines is 1. The predicted molar refractivity (Wildman–Crippen MR) is 99.7 cm³/mol. The standard InChI is InChI=1S/C19H25N5O2/c1-12(2)8-17(25)22-14-5-3-4-13(9-14)10-21-19(26)18-15-11-20-7-6-16(15)23-24-18/h3-5,9,12,20H,6-8,10-11H2,1-2H3,(H,21,26)(H,22,25)(H,23,24). The Morgan fingerprint density at radius 2 is 2.15 bits per heavy atom. The highest BCUT2D eigenvalue weighted by Gasteiger charge is 2.21. The van der Waals surface area contributed by atoms with E-state index in [1.54, 1.807) is 0 Å². The van der Waals surface area contributed by atoms with Gasteiger partial charge in [0, 0.05) is 49.4 Å². The maximum atomic E-state index is 12.4. The molecule has 1 aromatic carbocycles. The largest absolute Gasteiger partial charge is 0.347 e. The van der Waals surface area contributed by atoms with Crippen LogP contribution in [-0.2, 0) is 24.3 Å². The third-order valence-corrected chi connectivity index (χ3v) is 4.28. The summed E-state index contributed by atoms with van der Waals surface area (Å²) in [4.78, 5) is 24.3. The van der Waals surface area contributed by atoms with Crippen LogP contribution in [0.4, 0.5) is 5.69 Å². The Balaban J connectivity index is 1.59. The predicted octanol–water partition coefficient (Wildman–Crippen LogP) is 1.97. The summed E-state index contributed by atoms with van der Waals surface area (Å²) < 4.78 is 0. The van der Waals surface area contributed by atoms with Gasteiger partial charge in [0.1, 0.15) is 0 Å². The van der Waals surface area contributed by atoms with Crippen LogP contribution >= 0.6 is 0 Å². The second kappa shape index (κ2) is 8.14. The van der Waals surface area contributed by atoms with Gasteiger partial charge >= 0.3 is 0 Å². The van der Waals surface area contributed by atoms with Gasteiger partial charge in [-0.3, -0.25) is 14.7 Å². The summed E-state index contributed by atoms with van der Waals surface area (Å²) in [6.07, 6.45) is 1.34. The van der Waals surface area contributed by atoms with Crippen LogP contribution in [0.1, 0.15) is 47.6 Å². The fraction of sp³-hybridized carbons (Fsp3) is 0.421. The molecule has 0 radical (unpaired) electrons. The van der Waals surface area contributed by atoms with Crippen LogP contribution in [0.5, 0.6) is 0 Å². The first-order chi connectivity index (χ1) is 12.5. The topological polar surface area (TPSA) is 98.9 Å². The monoisotopic (exact) mass is 355 g/mol. The molecule has 0 bridgehead atoms. The van der Waals surface area contributed by atoms with E-state index in [2.05, 4.69) is 26.1 Å². The summed E-state index contributed by atoms with van der Waals surface area (Å²) in [5.41, 5.74) is 4.09. The number of carbonyl (C=O) groups is 2. The number of H-pyrrole nitrogens is 1. The van der Waals surface area contributed by atoms with Gasteiger partial charge in [0.2, 0.25) is 5.91 Å². The molecular formula is C19H25N5O2. The van der Waals surface area contributed by atoms with E-state index < -0.39 is 0 Å². The lowest BCUT2D eigenvalue weighted by Gasteiger charge is -2.13. The zero-order valence-electron chi connectivity index (χ0n) is 15.2. The number of amides is 2. The fourth-order valence-corrected chi connectivity index (χ4v) is 3.02. The molecule has 0 aliphatic carbocycles. The van der Waals surface area contributed by atoms with Gasteiger partial charge in [-0.2, -0.15) is 5.10 Å². The van der Waals surface area contributed by atoms with E-state index in [-0.39, 0.29) is 11.8 Å². The van der Waals surface area contributed by atoms with E-state index in [9.17, 15) is 9.59 Å². The Morgan fingerprint density at radius 3 is 2.96 bits per heavy atom. The lowest BCUT2D eigenvalue weighted by atomic mass is 10.1.